The van der Waals surface area contributed by atoms with E-state index >= 15 is 0 Å². The molecule has 1 aliphatic rings. The molecule has 0 aromatic carbocycles. The van der Waals surface area contributed by atoms with Gasteiger partial charge in [-0.05, 0) is 19.4 Å². The minimum absolute atomic E-state index is 0.277. The summed E-state index contributed by atoms with van der Waals surface area (Å²) in [6.07, 6.45) is 4.74. The van der Waals surface area contributed by atoms with Crippen LogP contribution in [0.5, 0.6) is 0 Å². The lowest BCUT2D eigenvalue weighted by Gasteiger charge is -2.23. The Kier molecular flexibility index (Phi) is 2.50. The maximum Gasteiger partial charge on any atom is 0.0817 e. The summed E-state index contributed by atoms with van der Waals surface area (Å²) in [5.74, 6) is 0.517. The first kappa shape index (κ1) is 8.54. The quantitative estimate of drug-likeness (QED) is 0.561. The van der Waals surface area contributed by atoms with Crippen molar-refractivity contribution in [2.75, 3.05) is 7.11 Å². The van der Waals surface area contributed by atoms with E-state index in [0.717, 1.165) is 0 Å². The van der Waals surface area contributed by atoms with Crippen molar-refractivity contribution in [3.8, 4) is 0 Å². The molecule has 0 bridgehead atoms. The molecule has 0 heterocycles. The molecule has 0 saturated carbocycles. The summed E-state index contributed by atoms with van der Waals surface area (Å²) in [6, 6.07) is 0. The molecule has 0 aliphatic heterocycles. The summed E-state index contributed by atoms with van der Waals surface area (Å²) < 4.78 is 5.30. The van der Waals surface area contributed by atoms with Crippen LogP contribution in [0, 0.1) is 5.92 Å². The number of ether oxygens (including phenoxy) is 1. The van der Waals surface area contributed by atoms with Crippen LogP contribution in [-0.4, -0.2) is 13.2 Å². The van der Waals surface area contributed by atoms with E-state index in [9.17, 15) is 0 Å². The highest BCUT2D eigenvalue weighted by Crippen LogP contribution is 2.23. The highest BCUT2D eigenvalue weighted by Gasteiger charge is 2.16. The van der Waals surface area contributed by atoms with Crippen LogP contribution in [0.15, 0.2) is 23.3 Å². The molecule has 1 heteroatoms. The second-order valence-corrected chi connectivity index (χ2v) is 3.26. The standard InChI is InChI=1S/C10H16O/c1-7-5-9(3)10(11-4)6-8(7)2/h5-6,9-10H,1-4H3. The van der Waals surface area contributed by atoms with Gasteiger partial charge in [-0.25, -0.2) is 0 Å². The molecule has 0 N–H and O–H groups in total. The minimum Gasteiger partial charge on any atom is -0.377 e. The van der Waals surface area contributed by atoms with Crippen LogP contribution < -0.4 is 0 Å². The molecular weight excluding hydrogens is 136 g/mol. The van der Waals surface area contributed by atoms with Crippen molar-refractivity contribution in [1.29, 1.82) is 0 Å². The van der Waals surface area contributed by atoms with Crippen molar-refractivity contribution in [2.45, 2.75) is 26.9 Å². The van der Waals surface area contributed by atoms with E-state index in [1.54, 1.807) is 7.11 Å². The third-order valence-corrected chi connectivity index (χ3v) is 2.34. The van der Waals surface area contributed by atoms with Gasteiger partial charge in [0.25, 0.3) is 0 Å². The highest BCUT2D eigenvalue weighted by atomic mass is 16.5. The minimum atomic E-state index is 0.277. The Balaban J connectivity index is 2.79. The molecule has 0 spiro atoms. The number of allylic oxidation sites excluding steroid dienone is 2. The topological polar surface area (TPSA) is 9.23 Å². The summed E-state index contributed by atoms with van der Waals surface area (Å²) >= 11 is 0. The van der Waals surface area contributed by atoms with Crippen molar-refractivity contribution < 1.29 is 4.74 Å². The van der Waals surface area contributed by atoms with Crippen LogP contribution in [0.3, 0.4) is 0 Å². The first-order valence-corrected chi connectivity index (χ1v) is 4.05. The van der Waals surface area contributed by atoms with Crippen molar-refractivity contribution >= 4 is 0 Å². The molecule has 0 radical (unpaired) electrons. The predicted molar refractivity (Wildman–Crippen MR) is 47.5 cm³/mol. The summed E-state index contributed by atoms with van der Waals surface area (Å²) in [5.41, 5.74) is 2.72. The smallest absolute Gasteiger partial charge is 0.0817 e. The maximum absolute atomic E-state index is 5.30. The van der Waals surface area contributed by atoms with Crippen molar-refractivity contribution in [2.24, 2.45) is 5.92 Å². The fourth-order valence-corrected chi connectivity index (χ4v) is 1.43. The van der Waals surface area contributed by atoms with E-state index in [1.165, 1.54) is 11.1 Å². The Hall–Kier alpha value is -0.560. The molecular formula is C10H16O. The molecule has 2 unspecified atom stereocenters. The van der Waals surface area contributed by atoms with Crippen LogP contribution in [0.2, 0.25) is 0 Å². The van der Waals surface area contributed by atoms with E-state index in [0.29, 0.717) is 5.92 Å². The van der Waals surface area contributed by atoms with Gasteiger partial charge in [0.2, 0.25) is 0 Å². The largest absolute Gasteiger partial charge is 0.377 e. The molecule has 0 aromatic heterocycles. The van der Waals surface area contributed by atoms with Gasteiger partial charge in [-0.2, -0.15) is 0 Å². The molecule has 1 nitrogen and oxygen atoms in total. The summed E-state index contributed by atoms with van der Waals surface area (Å²) in [7, 11) is 1.76. The zero-order valence-corrected chi connectivity index (χ0v) is 7.72. The average Bonchev–Trinajstić information content (AvgIpc) is 1.97. The second-order valence-electron chi connectivity index (χ2n) is 3.26. The van der Waals surface area contributed by atoms with Crippen LogP contribution in [-0.2, 0) is 4.74 Å². The number of hydrogen-bond donors (Lipinski definition) is 0. The van der Waals surface area contributed by atoms with Crippen LogP contribution in [0.4, 0.5) is 0 Å². The van der Waals surface area contributed by atoms with Gasteiger partial charge >= 0.3 is 0 Å². The number of rotatable bonds is 1. The summed E-state index contributed by atoms with van der Waals surface area (Å²) in [6.45, 7) is 6.46. The van der Waals surface area contributed by atoms with Gasteiger partial charge in [-0.15, -0.1) is 0 Å². The second kappa shape index (κ2) is 3.22. The first-order valence-electron chi connectivity index (χ1n) is 4.05. The summed E-state index contributed by atoms with van der Waals surface area (Å²) in [5, 5.41) is 0. The van der Waals surface area contributed by atoms with E-state index in [-0.39, 0.29) is 6.10 Å². The maximum atomic E-state index is 5.30. The fraction of sp³-hybridized carbons (Fsp3) is 0.600. The molecule has 11 heavy (non-hydrogen) atoms. The Bertz CT molecular complexity index is 201. The van der Waals surface area contributed by atoms with Gasteiger partial charge < -0.3 is 4.74 Å². The molecule has 0 amide bonds. The third-order valence-electron chi connectivity index (χ3n) is 2.34. The summed E-state index contributed by atoms with van der Waals surface area (Å²) in [4.78, 5) is 0. The van der Waals surface area contributed by atoms with E-state index in [2.05, 4.69) is 32.9 Å². The Morgan fingerprint density at radius 1 is 1.18 bits per heavy atom. The lowest BCUT2D eigenvalue weighted by Crippen LogP contribution is -2.19. The van der Waals surface area contributed by atoms with Gasteiger partial charge in [0.05, 0.1) is 6.10 Å². The van der Waals surface area contributed by atoms with Crippen LogP contribution in [0.25, 0.3) is 0 Å². The highest BCUT2D eigenvalue weighted by molar-refractivity contribution is 5.32. The van der Waals surface area contributed by atoms with E-state index in [4.69, 9.17) is 4.74 Å². The Morgan fingerprint density at radius 3 is 2.27 bits per heavy atom. The fourth-order valence-electron chi connectivity index (χ4n) is 1.43. The lowest BCUT2D eigenvalue weighted by atomic mass is 9.91. The van der Waals surface area contributed by atoms with Crippen molar-refractivity contribution in [1.82, 2.24) is 0 Å². The molecule has 0 aromatic rings. The van der Waals surface area contributed by atoms with Gasteiger partial charge in [0.1, 0.15) is 0 Å². The third kappa shape index (κ3) is 1.72. The Morgan fingerprint density at radius 2 is 1.73 bits per heavy atom. The molecule has 2 atom stereocenters. The molecule has 62 valence electrons. The van der Waals surface area contributed by atoms with E-state index < -0.39 is 0 Å². The molecule has 0 saturated heterocycles. The predicted octanol–water partition coefficient (Wildman–Crippen LogP) is 2.54. The number of methoxy groups -OCH3 is 1. The molecule has 1 aliphatic carbocycles. The Labute approximate surface area is 68.8 Å². The average molecular weight is 152 g/mol. The molecule has 0 fully saturated rings. The number of hydrogen-bond acceptors (Lipinski definition) is 1. The molecule has 1 rings (SSSR count). The lowest BCUT2D eigenvalue weighted by molar-refractivity contribution is 0.110. The van der Waals surface area contributed by atoms with E-state index in [1.807, 2.05) is 0 Å². The van der Waals surface area contributed by atoms with Gasteiger partial charge in [0, 0.05) is 13.0 Å². The normalized spacial score (nSPS) is 31.3. The zero-order valence-electron chi connectivity index (χ0n) is 7.72. The van der Waals surface area contributed by atoms with Crippen molar-refractivity contribution in [3.63, 3.8) is 0 Å². The SMILES string of the molecule is COC1C=C(C)C(C)=CC1C. The van der Waals surface area contributed by atoms with Crippen LogP contribution in [0.1, 0.15) is 20.8 Å². The first-order chi connectivity index (χ1) is 5.15. The zero-order chi connectivity index (χ0) is 8.43. The van der Waals surface area contributed by atoms with Gasteiger partial charge in [-0.3, -0.25) is 0 Å². The monoisotopic (exact) mass is 152 g/mol. The van der Waals surface area contributed by atoms with Gasteiger partial charge in [0.15, 0.2) is 0 Å². The van der Waals surface area contributed by atoms with Gasteiger partial charge in [-0.1, -0.05) is 24.6 Å². The van der Waals surface area contributed by atoms with Crippen LogP contribution >= 0.6 is 0 Å². The van der Waals surface area contributed by atoms with Crippen molar-refractivity contribution in [3.05, 3.63) is 23.3 Å².